The number of nitrogens with zero attached hydrogens (tertiary/aromatic N) is 4. The average Bonchev–Trinajstić information content (AvgIpc) is 2.84. The molecule has 130 valence electrons. The second-order valence-corrected chi connectivity index (χ2v) is 7.53. The van der Waals surface area contributed by atoms with Crippen molar-refractivity contribution in [3.63, 3.8) is 0 Å². The fraction of sp³-hybridized carbons (Fsp3) is 0.765. The number of aryl methyl sites for hydroxylation is 1. The normalized spacial score (nSPS) is 17.3. The number of aromatic nitrogens is 2. The lowest BCUT2D eigenvalue weighted by molar-refractivity contribution is 0.0248. The van der Waals surface area contributed by atoms with Crippen molar-refractivity contribution in [3.8, 4) is 0 Å². The van der Waals surface area contributed by atoms with Crippen LogP contribution in [0.2, 0.25) is 0 Å². The summed E-state index contributed by atoms with van der Waals surface area (Å²) in [5.41, 5.74) is -0.434. The Balaban J connectivity index is 1.74. The lowest BCUT2D eigenvalue weighted by atomic mass is 9.96. The first kappa shape index (κ1) is 17.8. The van der Waals surface area contributed by atoms with Gasteiger partial charge in [-0.25, -0.2) is 9.78 Å². The first-order chi connectivity index (χ1) is 10.7. The highest BCUT2D eigenvalue weighted by molar-refractivity contribution is 5.67. The average molecular weight is 322 g/mol. The van der Waals surface area contributed by atoms with E-state index < -0.39 is 5.60 Å². The summed E-state index contributed by atoms with van der Waals surface area (Å²) in [6.07, 6.45) is 5.82. The predicted molar refractivity (Wildman–Crippen MR) is 90.1 cm³/mol. The van der Waals surface area contributed by atoms with Crippen LogP contribution >= 0.6 is 0 Å². The highest BCUT2D eigenvalue weighted by atomic mass is 16.6. The van der Waals surface area contributed by atoms with E-state index in [1.165, 1.54) is 0 Å². The maximum Gasteiger partial charge on any atom is 0.410 e. The van der Waals surface area contributed by atoms with Gasteiger partial charge in [-0.15, -0.1) is 0 Å². The van der Waals surface area contributed by atoms with Crippen LogP contribution in [0.4, 0.5) is 4.79 Å². The minimum Gasteiger partial charge on any atom is -0.444 e. The highest BCUT2D eigenvalue weighted by Crippen LogP contribution is 2.20. The van der Waals surface area contributed by atoms with Crippen molar-refractivity contribution in [2.24, 2.45) is 13.0 Å². The molecule has 1 saturated heterocycles. The van der Waals surface area contributed by atoms with Crippen LogP contribution in [0.5, 0.6) is 0 Å². The summed E-state index contributed by atoms with van der Waals surface area (Å²) >= 11 is 0. The molecule has 0 spiro atoms. The first-order valence-corrected chi connectivity index (χ1v) is 8.37. The molecule has 6 nitrogen and oxygen atoms in total. The summed E-state index contributed by atoms with van der Waals surface area (Å²) in [5.74, 6) is 1.65. The van der Waals surface area contributed by atoms with Gasteiger partial charge in [0.15, 0.2) is 0 Å². The van der Waals surface area contributed by atoms with Crippen molar-refractivity contribution in [1.82, 2.24) is 19.4 Å². The molecule has 0 aliphatic carbocycles. The monoisotopic (exact) mass is 322 g/mol. The fourth-order valence-electron chi connectivity index (χ4n) is 2.88. The second-order valence-electron chi connectivity index (χ2n) is 7.53. The van der Waals surface area contributed by atoms with Crippen molar-refractivity contribution in [2.45, 2.75) is 45.8 Å². The molecule has 1 aliphatic rings. The molecule has 23 heavy (non-hydrogen) atoms. The van der Waals surface area contributed by atoms with Crippen LogP contribution < -0.4 is 0 Å². The van der Waals surface area contributed by atoms with Crippen LogP contribution in [0.1, 0.15) is 39.4 Å². The third kappa shape index (κ3) is 5.53. The third-order valence-corrected chi connectivity index (χ3v) is 4.23. The lowest BCUT2D eigenvalue weighted by Crippen LogP contribution is -2.41. The number of hydrogen-bond acceptors (Lipinski definition) is 4. The van der Waals surface area contributed by atoms with Gasteiger partial charge >= 0.3 is 6.09 Å². The van der Waals surface area contributed by atoms with Gasteiger partial charge in [0.1, 0.15) is 11.4 Å². The van der Waals surface area contributed by atoms with E-state index in [2.05, 4.69) is 14.5 Å². The standard InChI is InChI=1S/C17H30N4O2/c1-17(2,3)23-16(22)20(5)12-14-6-9-21(10-7-14)13-15-18-8-11-19(15)4/h8,11,14H,6-7,9-10,12-13H2,1-5H3. The Morgan fingerprint density at radius 1 is 1.39 bits per heavy atom. The Labute approximate surface area is 139 Å². The summed E-state index contributed by atoms with van der Waals surface area (Å²) in [6, 6.07) is 0. The molecule has 0 N–H and O–H groups in total. The minimum atomic E-state index is -0.434. The van der Waals surface area contributed by atoms with E-state index in [0.29, 0.717) is 5.92 Å². The number of likely N-dealkylation sites (tertiary alicyclic amines) is 1. The number of imidazole rings is 1. The Bertz CT molecular complexity index is 513. The number of piperidine rings is 1. The lowest BCUT2D eigenvalue weighted by Gasteiger charge is -2.34. The Morgan fingerprint density at radius 2 is 2.04 bits per heavy atom. The van der Waals surface area contributed by atoms with Crippen molar-refractivity contribution in [2.75, 3.05) is 26.7 Å². The molecule has 2 rings (SSSR count). The quantitative estimate of drug-likeness (QED) is 0.854. The van der Waals surface area contributed by atoms with Gasteiger partial charge < -0.3 is 14.2 Å². The van der Waals surface area contributed by atoms with Crippen molar-refractivity contribution in [3.05, 3.63) is 18.2 Å². The maximum absolute atomic E-state index is 12.0. The molecule has 1 fully saturated rings. The maximum atomic E-state index is 12.0. The van der Waals surface area contributed by atoms with Gasteiger partial charge in [-0.3, -0.25) is 4.90 Å². The van der Waals surface area contributed by atoms with Crippen molar-refractivity contribution >= 4 is 6.09 Å². The number of amides is 1. The van der Waals surface area contributed by atoms with Gasteiger partial charge in [-0.1, -0.05) is 0 Å². The van der Waals surface area contributed by atoms with E-state index >= 15 is 0 Å². The zero-order chi connectivity index (χ0) is 17.0. The fourth-order valence-corrected chi connectivity index (χ4v) is 2.88. The van der Waals surface area contributed by atoms with E-state index in [9.17, 15) is 4.79 Å². The summed E-state index contributed by atoms with van der Waals surface area (Å²) in [5, 5.41) is 0. The largest absolute Gasteiger partial charge is 0.444 e. The van der Waals surface area contributed by atoms with Crippen LogP contribution in [0.15, 0.2) is 12.4 Å². The molecule has 0 atom stereocenters. The molecule has 6 heteroatoms. The van der Waals surface area contributed by atoms with Crippen molar-refractivity contribution in [1.29, 1.82) is 0 Å². The summed E-state index contributed by atoms with van der Waals surface area (Å²) < 4.78 is 7.48. The van der Waals surface area contributed by atoms with Gasteiger partial charge in [0.05, 0.1) is 6.54 Å². The highest BCUT2D eigenvalue weighted by Gasteiger charge is 2.25. The summed E-state index contributed by atoms with van der Waals surface area (Å²) in [6.45, 7) is 9.47. The molecule has 0 saturated carbocycles. The van der Waals surface area contributed by atoms with Crippen LogP contribution in [0, 0.1) is 5.92 Å². The van der Waals surface area contributed by atoms with E-state index in [0.717, 1.165) is 44.8 Å². The SMILES string of the molecule is CN(CC1CCN(Cc2nccn2C)CC1)C(=O)OC(C)(C)C. The third-order valence-electron chi connectivity index (χ3n) is 4.23. The zero-order valence-corrected chi connectivity index (χ0v) is 15.1. The van der Waals surface area contributed by atoms with E-state index in [1.807, 2.05) is 47.3 Å². The Hall–Kier alpha value is -1.56. The van der Waals surface area contributed by atoms with Crippen LogP contribution in [-0.2, 0) is 18.3 Å². The minimum absolute atomic E-state index is 0.229. The molecule has 2 heterocycles. The second kappa shape index (κ2) is 7.34. The van der Waals surface area contributed by atoms with Crippen LogP contribution in [-0.4, -0.2) is 57.7 Å². The predicted octanol–water partition coefficient (Wildman–Crippen LogP) is 2.50. The molecule has 0 unspecified atom stereocenters. The number of ether oxygens (including phenoxy) is 1. The summed E-state index contributed by atoms with van der Waals surface area (Å²) in [7, 11) is 3.86. The Morgan fingerprint density at radius 3 is 2.57 bits per heavy atom. The molecule has 1 aliphatic heterocycles. The molecule has 0 radical (unpaired) electrons. The molecule has 1 aromatic heterocycles. The molecule has 1 amide bonds. The molecule has 0 bridgehead atoms. The zero-order valence-electron chi connectivity index (χ0n) is 15.1. The van der Waals surface area contributed by atoms with Crippen LogP contribution in [0.3, 0.4) is 0 Å². The van der Waals surface area contributed by atoms with E-state index in [-0.39, 0.29) is 6.09 Å². The summed E-state index contributed by atoms with van der Waals surface area (Å²) in [4.78, 5) is 20.6. The van der Waals surface area contributed by atoms with Gasteiger partial charge in [0.2, 0.25) is 0 Å². The smallest absolute Gasteiger partial charge is 0.410 e. The number of hydrogen-bond donors (Lipinski definition) is 0. The first-order valence-electron chi connectivity index (χ1n) is 8.37. The van der Waals surface area contributed by atoms with Gasteiger partial charge in [0, 0.05) is 33.0 Å². The van der Waals surface area contributed by atoms with Gasteiger partial charge in [-0.05, 0) is 52.6 Å². The van der Waals surface area contributed by atoms with Gasteiger partial charge in [-0.2, -0.15) is 0 Å². The van der Waals surface area contributed by atoms with Crippen LogP contribution in [0.25, 0.3) is 0 Å². The number of rotatable bonds is 4. The Kier molecular flexibility index (Phi) is 5.68. The topological polar surface area (TPSA) is 50.6 Å². The number of carbonyl (C=O) groups is 1. The molecule has 1 aromatic rings. The van der Waals surface area contributed by atoms with Crippen molar-refractivity contribution < 1.29 is 9.53 Å². The number of carbonyl (C=O) groups excluding carboxylic acids is 1. The van der Waals surface area contributed by atoms with E-state index in [4.69, 9.17) is 4.74 Å². The van der Waals surface area contributed by atoms with Gasteiger partial charge in [0.25, 0.3) is 0 Å². The molecular formula is C17H30N4O2. The molecular weight excluding hydrogens is 292 g/mol. The van der Waals surface area contributed by atoms with E-state index in [1.54, 1.807) is 4.90 Å². The molecule has 0 aromatic carbocycles.